The van der Waals surface area contributed by atoms with E-state index in [1.807, 2.05) is 6.07 Å². The molecule has 0 fully saturated rings. The van der Waals surface area contributed by atoms with Crippen LogP contribution < -0.4 is 5.32 Å². The Hall–Kier alpha value is -2.50. The van der Waals surface area contributed by atoms with Gasteiger partial charge in [0.2, 0.25) is 5.95 Å². The Morgan fingerprint density at radius 2 is 2.16 bits per heavy atom. The number of hydrogen-bond donors (Lipinski definition) is 1. The second-order valence-electron chi connectivity index (χ2n) is 4.21. The molecule has 3 rings (SSSR count). The zero-order chi connectivity index (χ0) is 13.4. The molecule has 2 aromatic heterocycles. The average Bonchev–Trinajstić information content (AvgIpc) is 2.80. The number of benzene rings is 1. The predicted molar refractivity (Wildman–Crippen MR) is 71.2 cm³/mol. The number of rotatable bonds is 2. The van der Waals surface area contributed by atoms with Crippen molar-refractivity contribution in [3.05, 3.63) is 36.4 Å². The molecule has 0 saturated heterocycles. The lowest BCUT2D eigenvalue weighted by molar-refractivity contribution is 0.633. The lowest BCUT2D eigenvalue weighted by Crippen LogP contribution is -1.96. The van der Waals surface area contributed by atoms with Gasteiger partial charge in [-0.2, -0.15) is 5.10 Å². The van der Waals surface area contributed by atoms with Crippen LogP contribution in [-0.2, 0) is 7.05 Å². The van der Waals surface area contributed by atoms with Crippen molar-refractivity contribution in [3.63, 3.8) is 0 Å². The molecule has 0 bridgehead atoms. The van der Waals surface area contributed by atoms with Crippen LogP contribution in [0.15, 0.2) is 30.6 Å². The number of fused-ring (bicyclic) bond motifs is 1. The van der Waals surface area contributed by atoms with E-state index in [1.54, 1.807) is 37.2 Å². The fourth-order valence-corrected chi connectivity index (χ4v) is 2.00. The summed E-state index contributed by atoms with van der Waals surface area (Å²) in [5.74, 6) is 0.155. The van der Waals surface area contributed by atoms with Gasteiger partial charge in [-0.3, -0.25) is 4.68 Å². The summed E-state index contributed by atoms with van der Waals surface area (Å²) in [5.41, 5.74) is 1.75. The second kappa shape index (κ2) is 4.31. The first-order valence-corrected chi connectivity index (χ1v) is 5.81. The molecule has 0 spiro atoms. The Bertz CT molecular complexity index is 750. The molecule has 0 aliphatic rings. The summed E-state index contributed by atoms with van der Waals surface area (Å²) in [6.07, 6.45) is 3.42. The SMILES string of the molecule is CNc1nccc(-c2cc(F)c3nn(C)cc3c2)n1. The van der Waals surface area contributed by atoms with Crippen molar-refractivity contribution in [2.45, 2.75) is 0 Å². The van der Waals surface area contributed by atoms with Crippen molar-refractivity contribution in [1.82, 2.24) is 19.7 Å². The highest BCUT2D eigenvalue weighted by Crippen LogP contribution is 2.25. The minimum absolute atomic E-state index is 0.349. The highest BCUT2D eigenvalue weighted by molar-refractivity contribution is 5.84. The number of nitrogens with one attached hydrogen (secondary N) is 1. The van der Waals surface area contributed by atoms with E-state index in [0.29, 0.717) is 22.7 Å². The molecule has 19 heavy (non-hydrogen) atoms. The summed E-state index contributed by atoms with van der Waals surface area (Å²) in [6, 6.07) is 5.06. The van der Waals surface area contributed by atoms with Gasteiger partial charge < -0.3 is 5.32 Å². The van der Waals surface area contributed by atoms with Crippen molar-refractivity contribution in [3.8, 4) is 11.3 Å². The third kappa shape index (κ3) is 2.01. The Morgan fingerprint density at radius 3 is 2.95 bits per heavy atom. The van der Waals surface area contributed by atoms with Crippen molar-refractivity contribution in [2.24, 2.45) is 7.05 Å². The highest BCUT2D eigenvalue weighted by Gasteiger charge is 2.10. The minimum Gasteiger partial charge on any atom is -0.357 e. The van der Waals surface area contributed by atoms with Gasteiger partial charge in [-0.25, -0.2) is 14.4 Å². The van der Waals surface area contributed by atoms with Crippen LogP contribution in [0.25, 0.3) is 22.2 Å². The summed E-state index contributed by atoms with van der Waals surface area (Å²) in [4.78, 5) is 8.34. The topological polar surface area (TPSA) is 55.6 Å². The van der Waals surface area contributed by atoms with Gasteiger partial charge >= 0.3 is 0 Å². The first kappa shape index (κ1) is 11.6. The van der Waals surface area contributed by atoms with E-state index in [0.717, 1.165) is 5.39 Å². The molecule has 0 radical (unpaired) electrons. The molecule has 0 aliphatic carbocycles. The van der Waals surface area contributed by atoms with E-state index in [1.165, 1.54) is 6.07 Å². The Balaban J connectivity index is 2.18. The van der Waals surface area contributed by atoms with Crippen LogP contribution in [0.1, 0.15) is 0 Å². The molecule has 0 aliphatic heterocycles. The lowest BCUT2D eigenvalue weighted by Gasteiger charge is -2.03. The zero-order valence-corrected chi connectivity index (χ0v) is 10.6. The predicted octanol–water partition coefficient (Wildman–Crippen LogP) is 2.21. The Morgan fingerprint density at radius 1 is 1.32 bits per heavy atom. The maximum absolute atomic E-state index is 14.0. The number of aryl methyl sites for hydroxylation is 1. The summed E-state index contributed by atoms with van der Waals surface area (Å²) in [6.45, 7) is 0. The van der Waals surface area contributed by atoms with Crippen LogP contribution in [0.4, 0.5) is 10.3 Å². The molecule has 5 nitrogen and oxygen atoms in total. The monoisotopic (exact) mass is 257 g/mol. The van der Waals surface area contributed by atoms with Gasteiger partial charge in [-0.15, -0.1) is 0 Å². The molecular weight excluding hydrogens is 245 g/mol. The fraction of sp³-hybridized carbons (Fsp3) is 0.154. The third-order valence-electron chi connectivity index (χ3n) is 2.85. The summed E-state index contributed by atoms with van der Waals surface area (Å²) in [5, 5.41) is 7.69. The van der Waals surface area contributed by atoms with Crippen LogP contribution in [0.3, 0.4) is 0 Å². The largest absolute Gasteiger partial charge is 0.357 e. The van der Waals surface area contributed by atoms with Crippen LogP contribution in [0.5, 0.6) is 0 Å². The standard InChI is InChI=1S/C13H12FN5/c1-15-13-16-4-3-11(17-13)8-5-9-7-19(2)18-12(9)10(14)6-8/h3-7H,1-2H3,(H,15,16,17). The van der Waals surface area contributed by atoms with Gasteiger partial charge in [-0.05, 0) is 18.2 Å². The summed E-state index contributed by atoms with van der Waals surface area (Å²) in [7, 11) is 3.51. The maximum Gasteiger partial charge on any atom is 0.222 e. The zero-order valence-electron chi connectivity index (χ0n) is 10.6. The Kier molecular flexibility index (Phi) is 2.63. The lowest BCUT2D eigenvalue weighted by atomic mass is 10.1. The molecular formula is C13H12FN5. The summed E-state index contributed by atoms with van der Waals surface area (Å²) < 4.78 is 15.6. The van der Waals surface area contributed by atoms with E-state index in [4.69, 9.17) is 0 Å². The fourth-order valence-electron chi connectivity index (χ4n) is 2.00. The van der Waals surface area contributed by atoms with Crippen LogP contribution >= 0.6 is 0 Å². The normalized spacial score (nSPS) is 10.9. The molecule has 96 valence electrons. The van der Waals surface area contributed by atoms with Gasteiger partial charge in [0, 0.05) is 37.4 Å². The number of halogens is 1. The maximum atomic E-state index is 14.0. The molecule has 1 aromatic carbocycles. The molecule has 0 unspecified atom stereocenters. The van der Waals surface area contributed by atoms with E-state index < -0.39 is 0 Å². The molecule has 1 N–H and O–H groups in total. The average molecular weight is 257 g/mol. The van der Waals surface area contributed by atoms with Crippen molar-refractivity contribution >= 4 is 16.9 Å². The van der Waals surface area contributed by atoms with Gasteiger partial charge in [-0.1, -0.05) is 0 Å². The summed E-state index contributed by atoms with van der Waals surface area (Å²) >= 11 is 0. The smallest absolute Gasteiger partial charge is 0.222 e. The first-order chi connectivity index (χ1) is 9.17. The Labute approximate surface area is 109 Å². The molecule has 0 atom stereocenters. The van der Waals surface area contributed by atoms with Gasteiger partial charge in [0.25, 0.3) is 0 Å². The van der Waals surface area contributed by atoms with Crippen LogP contribution in [0.2, 0.25) is 0 Å². The first-order valence-electron chi connectivity index (χ1n) is 5.81. The number of anilines is 1. The third-order valence-corrected chi connectivity index (χ3v) is 2.85. The highest BCUT2D eigenvalue weighted by atomic mass is 19.1. The van der Waals surface area contributed by atoms with Crippen LogP contribution in [0, 0.1) is 5.82 Å². The van der Waals surface area contributed by atoms with E-state index in [2.05, 4.69) is 20.4 Å². The van der Waals surface area contributed by atoms with Gasteiger partial charge in [0.1, 0.15) is 5.52 Å². The van der Waals surface area contributed by atoms with Crippen molar-refractivity contribution in [1.29, 1.82) is 0 Å². The van der Waals surface area contributed by atoms with E-state index in [9.17, 15) is 4.39 Å². The van der Waals surface area contributed by atoms with E-state index in [-0.39, 0.29) is 5.82 Å². The molecule has 3 aromatic rings. The van der Waals surface area contributed by atoms with Gasteiger partial charge in [0.05, 0.1) is 5.69 Å². The van der Waals surface area contributed by atoms with Crippen molar-refractivity contribution in [2.75, 3.05) is 12.4 Å². The number of aromatic nitrogens is 4. The molecule has 2 heterocycles. The second-order valence-corrected chi connectivity index (χ2v) is 4.21. The molecule has 0 saturated carbocycles. The van der Waals surface area contributed by atoms with E-state index >= 15 is 0 Å². The van der Waals surface area contributed by atoms with Gasteiger partial charge in [0.15, 0.2) is 5.82 Å². The molecule has 6 heteroatoms. The van der Waals surface area contributed by atoms with Crippen LogP contribution in [-0.4, -0.2) is 26.8 Å². The minimum atomic E-state index is -0.349. The number of nitrogens with zero attached hydrogens (tertiary/aromatic N) is 4. The quantitative estimate of drug-likeness (QED) is 0.764. The number of hydrogen-bond acceptors (Lipinski definition) is 4. The molecule has 0 amide bonds. The van der Waals surface area contributed by atoms with Crippen molar-refractivity contribution < 1.29 is 4.39 Å².